The summed E-state index contributed by atoms with van der Waals surface area (Å²) in [5, 5.41) is 18.3. The molecule has 0 fully saturated rings. The van der Waals surface area contributed by atoms with Crippen LogP contribution in [-0.4, -0.2) is 21.2 Å². The van der Waals surface area contributed by atoms with Crippen LogP contribution in [0.2, 0.25) is 0 Å². The summed E-state index contributed by atoms with van der Waals surface area (Å²) >= 11 is 0. The molecule has 1 aromatic heterocycles. The topological polar surface area (TPSA) is 73.0 Å². The van der Waals surface area contributed by atoms with E-state index in [1.165, 1.54) is 0 Å². The van der Waals surface area contributed by atoms with Crippen molar-refractivity contribution in [3.63, 3.8) is 0 Å². The van der Waals surface area contributed by atoms with E-state index in [9.17, 15) is 10.1 Å². The van der Waals surface area contributed by atoms with Gasteiger partial charge in [-0.25, -0.2) is 4.68 Å². The Morgan fingerprint density at radius 1 is 1.53 bits per heavy atom. The number of hydrogen-bond donors (Lipinski definition) is 1. The van der Waals surface area contributed by atoms with Crippen LogP contribution in [0.4, 0.5) is 11.5 Å². The normalized spacial score (nSPS) is 12.5. The third kappa shape index (κ3) is 2.95. The van der Waals surface area contributed by atoms with Gasteiger partial charge in [0.25, 0.3) is 0 Å². The molecule has 0 saturated heterocycles. The van der Waals surface area contributed by atoms with Gasteiger partial charge in [-0.3, -0.25) is 10.1 Å². The number of hydrogen-bond acceptors (Lipinski definition) is 4. The van der Waals surface area contributed by atoms with E-state index >= 15 is 0 Å². The highest BCUT2D eigenvalue weighted by atomic mass is 16.6. The lowest BCUT2D eigenvalue weighted by molar-refractivity contribution is -0.384. The number of aromatic nitrogens is 2. The first-order valence-electron chi connectivity index (χ1n) is 5.96. The molecule has 0 amide bonds. The van der Waals surface area contributed by atoms with Crippen LogP contribution in [0, 0.1) is 23.0 Å². The fourth-order valence-corrected chi connectivity index (χ4v) is 1.61. The number of anilines is 1. The molecule has 1 N–H and O–H groups in total. The minimum absolute atomic E-state index is 0.0927. The van der Waals surface area contributed by atoms with Gasteiger partial charge in [-0.1, -0.05) is 20.3 Å². The summed E-state index contributed by atoms with van der Waals surface area (Å²) in [5.41, 5.74) is 0.554. The molecule has 96 valence electrons. The Bertz CT molecular complexity index is 400. The van der Waals surface area contributed by atoms with Gasteiger partial charge in [0.15, 0.2) is 0 Å². The summed E-state index contributed by atoms with van der Waals surface area (Å²) in [5.74, 6) is 1.01. The van der Waals surface area contributed by atoms with Crippen molar-refractivity contribution in [2.75, 3.05) is 11.9 Å². The van der Waals surface area contributed by atoms with Crippen molar-refractivity contribution in [2.24, 2.45) is 5.92 Å². The molecular weight excluding hydrogens is 220 g/mol. The fraction of sp³-hybridized carbons (Fsp3) is 0.727. The van der Waals surface area contributed by atoms with Crippen LogP contribution in [-0.2, 0) is 6.54 Å². The quantitative estimate of drug-likeness (QED) is 0.612. The summed E-state index contributed by atoms with van der Waals surface area (Å²) in [7, 11) is 0. The molecule has 1 atom stereocenters. The van der Waals surface area contributed by atoms with E-state index in [1.807, 2.05) is 6.92 Å². The van der Waals surface area contributed by atoms with Crippen molar-refractivity contribution in [1.29, 1.82) is 0 Å². The Hall–Kier alpha value is -1.59. The molecule has 0 aliphatic carbocycles. The molecular formula is C11H20N4O2. The van der Waals surface area contributed by atoms with Gasteiger partial charge in [0.2, 0.25) is 5.82 Å². The molecule has 0 spiro atoms. The van der Waals surface area contributed by atoms with Gasteiger partial charge in [0, 0.05) is 13.1 Å². The van der Waals surface area contributed by atoms with Crippen molar-refractivity contribution < 1.29 is 4.92 Å². The molecule has 1 heterocycles. The predicted molar refractivity (Wildman–Crippen MR) is 67.2 cm³/mol. The lowest BCUT2D eigenvalue weighted by atomic mass is 10.1. The molecule has 1 rings (SSSR count). The highest BCUT2D eigenvalue weighted by molar-refractivity contribution is 5.59. The average molecular weight is 240 g/mol. The lowest BCUT2D eigenvalue weighted by Crippen LogP contribution is -2.14. The Morgan fingerprint density at radius 3 is 2.65 bits per heavy atom. The SMILES string of the molecule is CCC(C)CNc1c([N+](=O)[O-])c(C)nn1CC. The number of rotatable bonds is 6. The maximum absolute atomic E-state index is 11.0. The second kappa shape index (κ2) is 5.65. The molecule has 0 aliphatic heterocycles. The van der Waals surface area contributed by atoms with Crippen molar-refractivity contribution >= 4 is 11.5 Å². The molecule has 0 radical (unpaired) electrons. The molecule has 0 saturated carbocycles. The smallest absolute Gasteiger partial charge is 0.333 e. The lowest BCUT2D eigenvalue weighted by Gasteiger charge is -2.11. The van der Waals surface area contributed by atoms with E-state index in [0.29, 0.717) is 24.0 Å². The van der Waals surface area contributed by atoms with Gasteiger partial charge in [-0.15, -0.1) is 0 Å². The highest BCUT2D eigenvalue weighted by Crippen LogP contribution is 2.28. The molecule has 0 aliphatic rings. The molecule has 0 aromatic carbocycles. The van der Waals surface area contributed by atoms with Gasteiger partial charge in [-0.2, -0.15) is 5.10 Å². The average Bonchev–Trinajstić information content (AvgIpc) is 2.62. The zero-order valence-corrected chi connectivity index (χ0v) is 10.9. The standard InChI is InChI=1S/C11H20N4O2/c1-5-8(3)7-12-11-10(15(16)17)9(4)13-14(11)6-2/h8,12H,5-7H2,1-4H3. The van der Waals surface area contributed by atoms with Crippen molar-refractivity contribution in [2.45, 2.75) is 40.7 Å². The van der Waals surface area contributed by atoms with Crippen molar-refractivity contribution in [3.05, 3.63) is 15.8 Å². The molecule has 1 unspecified atom stereocenters. The van der Waals surface area contributed by atoms with Crippen LogP contribution in [0.25, 0.3) is 0 Å². The van der Waals surface area contributed by atoms with Gasteiger partial charge in [0.1, 0.15) is 5.69 Å². The van der Waals surface area contributed by atoms with Crippen LogP contribution in [0.15, 0.2) is 0 Å². The molecule has 6 heteroatoms. The second-order valence-corrected chi connectivity index (χ2v) is 4.25. The first kappa shape index (κ1) is 13.5. The van der Waals surface area contributed by atoms with E-state index in [4.69, 9.17) is 0 Å². The number of nitro groups is 1. The van der Waals surface area contributed by atoms with Crippen molar-refractivity contribution in [1.82, 2.24) is 9.78 Å². The zero-order valence-electron chi connectivity index (χ0n) is 10.9. The van der Waals surface area contributed by atoms with Crippen LogP contribution in [0.3, 0.4) is 0 Å². The Labute approximate surface area is 101 Å². The Balaban J connectivity index is 2.98. The highest BCUT2D eigenvalue weighted by Gasteiger charge is 2.24. The third-order valence-corrected chi connectivity index (χ3v) is 2.89. The Kier molecular flexibility index (Phi) is 4.48. The maximum atomic E-state index is 11.0. The van der Waals surface area contributed by atoms with Gasteiger partial charge in [0.05, 0.1) is 4.92 Å². The summed E-state index contributed by atoms with van der Waals surface area (Å²) in [6.07, 6.45) is 1.04. The first-order chi connectivity index (χ1) is 8.01. The maximum Gasteiger partial charge on any atom is 0.333 e. The van der Waals surface area contributed by atoms with E-state index < -0.39 is 0 Å². The predicted octanol–water partition coefficient (Wildman–Crippen LogP) is 2.58. The van der Waals surface area contributed by atoms with Gasteiger partial charge < -0.3 is 5.32 Å². The summed E-state index contributed by atoms with van der Waals surface area (Å²) in [4.78, 5) is 10.6. The van der Waals surface area contributed by atoms with Crippen LogP contribution in [0.5, 0.6) is 0 Å². The minimum Gasteiger partial charge on any atom is -0.364 e. The fourth-order valence-electron chi connectivity index (χ4n) is 1.61. The van der Waals surface area contributed by atoms with Crippen LogP contribution < -0.4 is 5.32 Å². The summed E-state index contributed by atoms with van der Waals surface area (Å²) in [6.45, 7) is 9.14. The summed E-state index contributed by atoms with van der Waals surface area (Å²) < 4.78 is 1.65. The monoisotopic (exact) mass is 240 g/mol. The molecule has 6 nitrogen and oxygen atoms in total. The number of aryl methyl sites for hydroxylation is 2. The van der Waals surface area contributed by atoms with E-state index in [0.717, 1.165) is 13.0 Å². The minimum atomic E-state index is -0.368. The number of nitrogens with zero attached hydrogens (tertiary/aromatic N) is 3. The van der Waals surface area contributed by atoms with E-state index in [1.54, 1.807) is 11.6 Å². The van der Waals surface area contributed by atoms with Gasteiger partial charge in [-0.05, 0) is 19.8 Å². The second-order valence-electron chi connectivity index (χ2n) is 4.25. The Morgan fingerprint density at radius 2 is 2.18 bits per heavy atom. The molecule has 17 heavy (non-hydrogen) atoms. The largest absolute Gasteiger partial charge is 0.364 e. The zero-order chi connectivity index (χ0) is 13.0. The molecule has 0 bridgehead atoms. The summed E-state index contributed by atoms with van der Waals surface area (Å²) in [6, 6.07) is 0. The van der Waals surface area contributed by atoms with E-state index in [2.05, 4.69) is 24.3 Å². The van der Waals surface area contributed by atoms with Gasteiger partial charge >= 0.3 is 5.69 Å². The molecule has 1 aromatic rings. The van der Waals surface area contributed by atoms with E-state index in [-0.39, 0.29) is 10.6 Å². The first-order valence-corrected chi connectivity index (χ1v) is 5.96. The third-order valence-electron chi connectivity index (χ3n) is 2.89. The van der Waals surface area contributed by atoms with Crippen molar-refractivity contribution in [3.8, 4) is 0 Å². The van der Waals surface area contributed by atoms with Crippen LogP contribution >= 0.6 is 0 Å². The van der Waals surface area contributed by atoms with Crippen LogP contribution in [0.1, 0.15) is 32.9 Å². The number of nitrogens with one attached hydrogen (secondary N) is 1.